The van der Waals surface area contributed by atoms with Gasteiger partial charge in [0.15, 0.2) is 0 Å². The van der Waals surface area contributed by atoms with Crippen molar-refractivity contribution in [3.05, 3.63) is 17.0 Å². The van der Waals surface area contributed by atoms with Gasteiger partial charge >= 0.3 is 0 Å². The van der Waals surface area contributed by atoms with Gasteiger partial charge in [-0.1, -0.05) is 13.3 Å². The van der Waals surface area contributed by atoms with Crippen LogP contribution in [-0.2, 0) is 25.0 Å². The van der Waals surface area contributed by atoms with Gasteiger partial charge in [-0.3, -0.25) is 4.79 Å². The molecule has 0 spiro atoms. The van der Waals surface area contributed by atoms with Crippen LogP contribution in [-0.4, -0.2) is 34.1 Å². The average Bonchev–Trinajstić information content (AvgIpc) is 2.86. The SMILES string of the molecule is CCCCOCCCNC(=O)Cc1ccc(S(=O)(=O)Cl)s1. The summed E-state index contributed by atoms with van der Waals surface area (Å²) < 4.78 is 27.7. The Bertz CT molecular complexity index is 542. The van der Waals surface area contributed by atoms with Crippen LogP contribution in [0, 0.1) is 0 Å². The van der Waals surface area contributed by atoms with Gasteiger partial charge < -0.3 is 10.1 Å². The van der Waals surface area contributed by atoms with Crippen LogP contribution < -0.4 is 5.32 Å². The highest BCUT2D eigenvalue weighted by Crippen LogP contribution is 2.24. The van der Waals surface area contributed by atoms with E-state index in [4.69, 9.17) is 15.4 Å². The quantitative estimate of drug-likeness (QED) is 0.518. The van der Waals surface area contributed by atoms with Crippen molar-refractivity contribution in [2.45, 2.75) is 36.8 Å². The van der Waals surface area contributed by atoms with Gasteiger partial charge in [-0.25, -0.2) is 8.42 Å². The van der Waals surface area contributed by atoms with Crippen LogP contribution in [0.25, 0.3) is 0 Å². The maximum absolute atomic E-state index is 11.7. The minimum atomic E-state index is -3.71. The predicted molar refractivity (Wildman–Crippen MR) is 84.4 cm³/mol. The molecule has 0 aliphatic heterocycles. The van der Waals surface area contributed by atoms with Crippen LogP contribution in [0.2, 0.25) is 0 Å². The smallest absolute Gasteiger partial charge is 0.270 e. The summed E-state index contributed by atoms with van der Waals surface area (Å²) in [4.78, 5) is 12.4. The molecule has 1 rings (SSSR count). The summed E-state index contributed by atoms with van der Waals surface area (Å²) >= 11 is 1.02. The molecule has 0 saturated heterocycles. The molecule has 1 aromatic heterocycles. The van der Waals surface area contributed by atoms with Crippen LogP contribution >= 0.6 is 22.0 Å². The number of amides is 1. The first-order valence-electron chi connectivity index (χ1n) is 6.81. The zero-order chi connectivity index (χ0) is 15.7. The molecule has 1 heterocycles. The molecule has 1 aromatic rings. The standard InChI is InChI=1S/C13H20ClNO4S2/c1-2-3-8-19-9-4-7-15-12(16)10-11-5-6-13(20-11)21(14,17)18/h5-6H,2-4,7-10H2,1H3,(H,15,16). The summed E-state index contributed by atoms with van der Waals surface area (Å²) in [6.45, 7) is 4.05. The van der Waals surface area contributed by atoms with E-state index >= 15 is 0 Å². The van der Waals surface area contributed by atoms with E-state index in [1.54, 1.807) is 6.07 Å². The molecule has 1 amide bonds. The Morgan fingerprint density at radius 3 is 2.67 bits per heavy atom. The first-order chi connectivity index (χ1) is 9.93. The Morgan fingerprint density at radius 2 is 2.05 bits per heavy atom. The van der Waals surface area contributed by atoms with Crippen molar-refractivity contribution >= 4 is 37.0 Å². The highest BCUT2D eigenvalue weighted by molar-refractivity contribution is 8.15. The lowest BCUT2D eigenvalue weighted by Crippen LogP contribution is -2.26. The maximum atomic E-state index is 11.7. The summed E-state index contributed by atoms with van der Waals surface area (Å²) in [5.41, 5.74) is 0. The minimum absolute atomic E-state index is 0.0660. The second kappa shape index (κ2) is 9.40. The third-order valence-electron chi connectivity index (χ3n) is 2.64. The van der Waals surface area contributed by atoms with Crippen LogP contribution in [0.4, 0.5) is 0 Å². The summed E-state index contributed by atoms with van der Waals surface area (Å²) in [5, 5.41) is 2.78. The largest absolute Gasteiger partial charge is 0.381 e. The van der Waals surface area contributed by atoms with Crippen LogP contribution in [0.3, 0.4) is 0 Å². The molecule has 0 fully saturated rings. The van der Waals surface area contributed by atoms with Crippen LogP contribution in [0.15, 0.2) is 16.3 Å². The highest BCUT2D eigenvalue weighted by atomic mass is 35.7. The molecule has 0 aliphatic rings. The number of halogens is 1. The Labute approximate surface area is 134 Å². The molecule has 0 unspecified atom stereocenters. The molecular formula is C13H20ClNO4S2. The molecule has 0 radical (unpaired) electrons. The second-order valence-electron chi connectivity index (χ2n) is 4.50. The van der Waals surface area contributed by atoms with Gasteiger partial charge in [-0.05, 0) is 25.0 Å². The Morgan fingerprint density at radius 1 is 1.33 bits per heavy atom. The molecule has 0 aliphatic carbocycles. The lowest BCUT2D eigenvalue weighted by atomic mass is 10.3. The van der Waals surface area contributed by atoms with E-state index in [1.807, 2.05) is 0 Å². The zero-order valence-electron chi connectivity index (χ0n) is 11.9. The average molecular weight is 354 g/mol. The first-order valence-corrected chi connectivity index (χ1v) is 9.94. The topological polar surface area (TPSA) is 72.5 Å². The number of ether oxygens (including phenoxy) is 1. The van der Waals surface area contributed by atoms with Crippen molar-refractivity contribution in [1.82, 2.24) is 5.32 Å². The number of carbonyl (C=O) groups is 1. The molecule has 120 valence electrons. The normalized spacial score (nSPS) is 11.5. The van der Waals surface area contributed by atoms with Crippen molar-refractivity contribution < 1.29 is 17.9 Å². The fraction of sp³-hybridized carbons (Fsp3) is 0.615. The first kappa shape index (κ1) is 18.4. The van der Waals surface area contributed by atoms with Crippen molar-refractivity contribution in [1.29, 1.82) is 0 Å². The van der Waals surface area contributed by atoms with Gasteiger partial charge in [0.05, 0.1) is 6.42 Å². The second-order valence-corrected chi connectivity index (χ2v) is 8.47. The van der Waals surface area contributed by atoms with Gasteiger partial charge in [0, 0.05) is 35.3 Å². The fourth-order valence-corrected chi connectivity index (χ4v) is 3.68. The van der Waals surface area contributed by atoms with Crippen LogP contribution in [0.1, 0.15) is 31.1 Å². The van der Waals surface area contributed by atoms with E-state index < -0.39 is 9.05 Å². The lowest BCUT2D eigenvalue weighted by Gasteiger charge is -2.05. The number of hydrogen-bond donors (Lipinski definition) is 1. The number of carbonyl (C=O) groups excluding carboxylic acids is 1. The van der Waals surface area contributed by atoms with E-state index in [0.29, 0.717) is 18.0 Å². The molecule has 0 atom stereocenters. The number of hydrogen-bond acceptors (Lipinski definition) is 5. The van der Waals surface area contributed by atoms with Crippen molar-refractivity contribution in [2.24, 2.45) is 0 Å². The van der Waals surface area contributed by atoms with Crippen molar-refractivity contribution in [3.63, 3.8) is 0 Å². The monoisotopic (exact) mass is 353 g/mol. The number of rotatable bonds is 10. The molecule has 5 nitrogen and oxygen atoms in total. The van der Waals surface area contributed by atoms with Gasteiger partial charge in [-0.15, -0.1) is 11.3 Å². The summed E-state index contributed by atoms with van der Waals surface area (Å²) in [7, 11) is 1.52. The number of unbranched alkanes of at least 4 members (excludes halogenated alkanes) is 1. The third-order valence-corrected chi connectivity index (χ3v) is 5.82. The maximum Gasteiger partial charge on any atom is 0.270 e. The van der Waals surface area contributed by atoms with Crippen molar-refractivity contribution in [2.75, 3.05) is 19.8 Å². The highest BCUT2D eigenvalue weighted by Gasteiger charge is 2.14. The van der Waals surface area contributed by atoms with E-state index in [1.165, 1.54) is 6.07 Å². The van der Waals surface area contributed by atoms with E-state index in [2.05, 4.69) is 12.2 Å². The van der Waals surface area contributed by atoms with Crippen molar-refractivity contribution in [3.8, 4) is 0 Å². The molecule has 1 N–H and O–H groups in total. The Kier molecular flexibility index (Phi) is 8.24. The van der Waals surface area contributed by atoms with Gasteiger partial charge in [0.1, 0.15) is 4.21 Å². The molecular weight excluding hydrogens is 334 g/mol. The summed E-state index contributed by atoms with van der Waals surface area (Å²) in [6.07, 6.45) is 3.09. The number of thiophene rings is 1. The fourth-order valence-electron chi connectivity index (χ4n) is 1.56. The van der Waals surface area contributed by atoms with E-state index in [0.717, 1.165) is 37.2 Å². The summed E-state index contributed by atoms with van der Waals surface area (Å²) in [6, 6.07) is 3.02. The van der Waals surface area contributed by atoms with Gasteiger partial charge in [0.2, 0.25) is 5.91 Å². The Balaban J connectivity index is 2.21. The van der Waals surface area contributed by atoms with E-state index in [-0.39, 0.29) is 16.5 Å². The van der Waals surface area contributed by atoms with Gasteiger partial charge in [-0.2, -0.15) is 0 Å². The van der Waals surface area contributed by atoms with Gasteiger partial charge in [0.25, 0.3) is 9.05 Å². The molecule has 0 saturated carbocycles. The Hall–Kier alpha value is -0.630. The third kappa shape index (κ3) is 7.80. The molecule has 0 bridgehead atoms. The lowest BCUT2D eigenvalue weighted by molar-refractivity contribution is -0.120. The zero-order valence-corrected chi connectivity index (χ0v) is 14.3. The number of nitrogens with one attached hydrogen (secondary N) is 1. The molecule has 8 heteroatoms. The summed E-state index contributed by atoms with van der Waals surface area (Å²) in [5.74, 6) is -0.135. The predicted octanol–water partition coefficient (Wildman–Crippen LogP) is 2.54. The van der Waals surface area contributed by atoms with E-state index in [9.17, 15) is 13.2 Å². The van der Waals surface area contributed by atoms with Crippen LogP contribution in [0.5, 0.6) is 0 Å². The molecule has 21 heavy (non-hydrogen) atoms. The molecule has 0 aromatic carbocycles. The minimum Gasteiger partial charge on any atom is -0.381 e.